The predicted molar refractivity (Wildman–Crippen MR) is 86.2 cm³/mol. The van der Waals surface area contributed by atoms with Crippen LogP contribution in [-0.4, -0.2) is 54.5 Å². The van der Waals surface area contributed by atoms with Gasteiger partial charge >= 0.3 is 0 Å². The lowest BCUT2D eigenvalue weighted by molar-refractivity contribution is 0.654. The summed E-state index contributed by atoms with van der Waals surface area (Å²) in [6.45, 7) is 0. The summed E-state index contributed by atoms with van der Waals surface area (Å²) in [6, 6.07) is 1.89. The molecule has 0 aliphatic rings. The van der Waals surface area contributed by atoms with Gasteiger partial charge in [0.15, 0.2) is 0 Å². The van der Waals surface area contributed by atoms with Gasteiger partial charge in [-0.1, -0.05) is 5.21 Å². The van der Waals surface area contributed by atoms with E-state index in [0.29, 0.717) is 0 Å². The van der Waals surface area contributed by atoms with E-state index in [0.717, 1.165) is 0 Å². The van der Waals surface area contributed by atoms with Crippen LogP contribution in [0.5, 0.6) is 0 Å². The fourth-order valence-electron chi connectivity index (χ4n) is 1.16. The van der Waals surface area contributed by atoms with Crippen molar-refractivity contribution in [3.8, 4) is 0 Å². The molecule has 11 nitrogen and oxygen atoms in total. The van der Waals surface area contributed by atoms with Gasteiger partial charge in [0.05, 0.1) is 18.6 Å². The van der Waals surface area contributed by atoms with Crippen LogP contribution < -0.4 is 0 Å². The van der Waals surface area contributed by atoms with Crippen molar-refractivity contribution in [3.05, 3.63) is 55.9 Å². The van der Waals surface area contributed by atoms with Crippen LogP contribution in [0.2, 0.25) is 0 Å². The zero-order chi connectivity index (χ0) is 17.6. The summed E-state index contributed by atoms with van der Waals surface area (Å²) in [4.78, 5) is 5.17. The molecule has 0 bridgehead atoms. The van der Waals surface area contributed by atoms with Gasteiger partial charge in [0.2, 0.25) is 0 Å². The highest BCUT2D eigenvalue weighted by Crippen LogP contribution is 1.73. The monoisotopic (exact) mass is 331 g/mol. The third kappa shape index (κ3) is 9.55. The summed E-state index contributed by atoms with van der Waals surface area (Å²) in [7, 11) is 7.32. The fourth-order valence-corrected chi connectivity index (χ4v) is 1.16. The number of rotatable bonds is 0. The van der Waals surface area contributed by atoms with Gasteiger partial charge in [-0.2, -0.15) is 25.2 Å². The summed E-state index contributed by atoms with van der Waals surface area (Å²) >= 11 is 0. The molecule has 0 fully saturated rings. The third-order valence-electron chi connectivity index (χ3n) is 2.25. The maximum absolute atomic E-state index is 3.83. The summed E-state index contributed by atoms with van der Waals surface area (Å²) in [5.74, 6) is 0. The maximum atomic E-state index is 3.83. The summed E-state index contributed by atoms with van der Waals surface area (Å²) in [5, 5.41) is 22.1. The Morgan fingerprint density at radius 1 is 0.667 bits per heavy atom. The normalized spacial score (nSPS) is 8.83. The van der Waals surface area contributed by atoms with Crippen LogP contribution in [0.3, 0.4) is 0 Å². The molecule has 0 N–H and O–H groups in total. The molecular weight excluding hydrogens is 310 g/mol. The first-order valence-corrected chi connectivity index (χ1v) is 6.90. The van der Waals surface area contributed by atoms with Crippen molar-refractivity contribution >= 4 is 0 Å². The molecule has 0 spiro atoms. The molecule has 0 saturated carbocycles. The lowest BCUT2D eigenvalue weighted by Gasteiger charge is -1.77. The largest absolute Gasteiger partial charge is 0.276 e. The highest BCUT2D eigenvalue weighted by molar-refractivity contribution is 4.75. The van der Waals surface area contributed by atoms with Crippen molar-refractivity contribution in [1.29, 1.82) is 0 Å². The van der Waals surface area contributed by atoms with Gasteiger partial charge in [-0.05, 0) is 6.07 Å². The van der Waals surface area contributed by atoms with Gasteiger partial charge in [-0.3, -0.25) is 14.0 Å². The lowest BCUT2D eigenvalue weighted by atomic mass is 10.8. The second-order valence-corrected chi connectivity index (χ2v) is 4.34. The second-order valence-electron chi connectivity index (χ2n) is 4.34. The van der Waals surface area contributed by atoms with E-state index >= 15 is 0 Å². The summed E-state index contributed by atoms with van der Waals surface area (Å²) in [5.41, 5.74) is 0. The zero-order valence-electron chi connectivity index (χ0n) is 14.1. The molecule has 0 unspecified atom stereocenters. The number of nitrogens with zero attached hydrogens (tertiary/aromatic N) is 11. The molecule has 24 heavy (non-hydrogen) atoms. The molecule has 0 aliphatic carbocycles. The molecule has 4 rings (SSSR count). The number of aromatic nitrogens is 11. The van der Waals surface area contributed by atoms with Crippen LogP contribution in [0.15, 0.2) is 55.9 Å². The smallest absolute Gasteiger partial charge is 0.137 e. The predicted octanol–water partition coefficient (Wildman–Crippen LogP) is -0.135. The van der Waals surface area contributed by atoms with E-state index in [1.54, 1.807) is 58.4 Å². The molecule has 0 aliphatic heterocycles. The molecule has 0 radical (unpaired) electrons. The number of hydrogen-bond donors (Lipinski definition) is 0. The van der Waals surface area contributed by atoms with Crippen molar-refractivity contribution < 1.29 is 0 Å². The Labute approximate surface area is 139 Å². The van der Waals surface area contributed by atoms with E-state index < -0.39 is 0 Å². The highest BCUT2D eigenvalue weighted by atomic mass is 15.4. The first kappa shape index (κ1) is 18.7. The van der Waals surface area contributed by atoms with Crippen molar-refractivity contribution in [1.82, 2.24) is 54.5 Å². The Morgan fingerprint density at radius 3 is 1.58 bits per heavy atom. The quantitative estimate of drug-likeness (QED) is 0.441. The second kappa shape index (κ2) is 11.2. The third-order valence-corrected chi connectivity index (χ3v) is 2.25. The van der Waals surface area contributed by atoms with E-state index in [4.69, 9.17) is 0 Å². The minimum atomic E-state index is 1.50. The standard InChI is InChI=1S/C4H6N2.3C3H5N3/c1-6-4-2-3-5-6;1-6-3-4-2-5-6;1-6-3-2-4-5-6;1-6-4-2-3-5-6/h2-4H,1H3;3*2-3H,1H3. The highest BCUT2D eigenvalue weighted by Gasteiger charge is 1.72. The van der Waals surface area contributed by atoms with E-state index in [-0.39, 0.29) is 0 Å². The van der Waals surface area contributed by atoms with Crippen LogP contribution in [0.4, 0.5) is 0 Å². The van der Waals surface area contributed by atoms with Crippen molar-refractivity contribution in [3.63, 3.8) is 0 Å². The minimum absolute atomic E-state index is 1.50. The van der Waals surface area contributed by atoms with Crippen molar-refractivity contribution in [2.24, 2.45) is 28.2 Å². The van der Waals surface area contributed by atoms with Gasteiger partial charge in [0.25, 0.3) is 0 Å². The van der Waals surface area contributed by atoms with Crippen LogP contribution in [0, 0.1) is 0 Å². The Balaban J connectivity index is 0.000000160. The lowest BCUT2D eigenvalue weighted by Crippen LogP contribution is -1.89. The van der Waals surface area contributed by atoms with E-state index in [1.807, 2.05) is 33.4 Å². The number of aryl methyl sites for hydroxylation is 4. The average Bonchev–Trinajstić information content (AvgIpc) is 3.31. The zero-order valence-corrected chi connectivity index (χ0v) is 14.1. The summed E-state index contributed by atoms with van der Waals surface area (Å²) in [6.07, 6.45) is 13.5. The van der Waals surface area contributed by atoms with E-state index in [2.05, 4.69) is 35.7 Å². The Hall–Kier alpha value is -3.37. The van der Waals surface area contributed by atoms with Crippen LogP contribution in [0.25, 0.3) is 0 Å². The van der Waals surface area contributed by atoms with Gasteiger partial charge in [-0.15, -0.1) is 5.10 Å². The number of hydrogen-bond acceptors (Lipinski definition) is 7. The van der Waals surface area contributed by atoms with E-state index in [1.165, 1.54) is 11.1 Å². The molecule has 4 heterocycles. The Bertz CT molecular complexity index is 567. The van der Waals surface area contributed by atoms with E-state index in [9.17, 15) is 0 Å². The topological polar surface area (TPSA) is 110 Å². The SMILES string of the molecule is Cn1cccn1.Cn1ccnn1.Cn1cncn1.Cn1nccn1. The van der Waals surface area contributed by atoms with Crippen LogP contribution in [0.1, 0.15) is 0 Å². The Kier molecular flexibility index (Phi) is 8.74. The maximum Gasteiger partial charge on any atom is 0.137 e. The van der Waals surface area contributed by atoms with Gasteiger partial charge in [0, 0.05) is 46.8 Å². The van der Waals surface area contributed by atoms with Crippen molar-refractivity contribution in [2.45, 2.75) is 0 Å². The van der Waals surface area contributed by atoms with Gasteiger partial charge in [-0.25, -0.2) is 4.98 Å². The molecule has 0 aromatic carbocycles. The van der Waals surface area contributed by atoms with Crippen molar-refractivity contribution in [2.75, 3.05) is 0 Å². The molecule has 128 valence electrons. The molecule has 0 saturated heterocycles. The molecule has 0 atom stereocenters. The molecule has 4 aromatic heterocycles. The van der Waals surface area contributed by atoms with Gasteiger partial charge in [0.1, 0.15) is 12.7 Å². The summed E-state index contributed by atoms with van der Waals surface area (Å²) < 4.78 is 5.03. The molecule has 4 aromatic rings. The fraction of sp³-hybridized carbons (Fsp3) is 0.308. The first-order chi connectivity index (χ1) is 11.6. The van der Waals surface area contributed by atoms with Crippen LogP contribution >= 0.6 is 0 Å². The Morgan fingerprint density at radius 2 is 1.42 bits per heavy atom. The van der Waals surface area contributed by atoms with Crippen LogP contribution in [-0.2, 0) is 28.2 Å². The molecular formula is C13H21N11. The average molecular weight is 331 g/mol. The first-order valence-electron chi connectivity index (χ1n) is 6.90. The molecule has 0 amide bonds. The minimum Gasteiger partial charge on any atom is -0.276 e. The molecule has 11 heteroatoms. The van der Waals surface area contributed by atoms with Gasteiger partial charge < -0.3 is 0 Å².